The number of fused-ring (bicyclic) bond motifs is 1. The molecule has 1 N–H and O–H groups in total. The van der Waals surface area contributed by atoms with Crippen LogP contribution in [0.5, 0.6) is 5.75 Å². The van der Waals surface area contributed by atoms with Crippen LogP contribution in [0.4, 0.5) is 11.4 Å². The maximum Gasteiger partial charge on any atom is 0.251 e. The topological polar surface area (TPSA) is 90.4 Å². The molecule has 8 nitrogen and oxygen atoms in total. The average molecular weight is 652 g/mol. The van der Waals surface area contributed by atoms with Gasteiger partial charge < -0.3 is 24.5 Å². The van der Waals surface area contributed by atoms with E-state index in [4.69, 9.17) is 16.3 Å². The van der Waals surface area contributed by atoms with E-state index in [1.165, 1.54) is 0 Å². The zero-order chi connectivity index (χ0) is 32.5. The lowest BCUT2D eigenvalue weighted by Gasteiger charge is -2.40. The number of aliphatic hydroxyl groups is 1. The smallest absolute Gasteiger partial charge is 0.251 e. The molecule has 10 heteroatoms. The highest BCUT2D eigenvalue weighted by Crippen LogP contribution is 2.67. The van der Waals surface area contributed by atoms with Crippen LogP contribution in [0.2, 0.25) is 5.02 Å². The molecular weight excluding hydrogens is 610 g/mol. The quantitative estimate of drug-likeness (QED) is 0.284. The van der Waals surface area contributed by atoms with Gasteiger partial charge in [0.1, 0.15) is 11.8 Å². The van der Waals surface area contributed by atoms with Crippen LogP contribution in [-0.2, 0) is 14.4 Å². The number of nitrogens with zero attached hydrogens (tertiary/aromatic N) is 3. The number of carbonyl (C=O) groups excluding carboxylic acids is 3. The van der Waals surface area contributed by atoms with Gasteiger partial charge >= 0.3 is 0 Å². The summed E-state index contributed by atoms with van der Waals surface area (Å²) in [6.45, 7) is 14.3. The first-order valence-corrected chi connectivity index (χ1v) is 16.8. The Bertz CT molecular complexity index is 1430. The molecule has 1 spiro atoms. The van der Waals surface area contributed by atoms with Crippen molar-refractivity contribution in [1.29, 1.82) is 0 Å². The Kier molecular flexibility index (Phi) is 10.0. The van der Waals surface area contributed by atoms with Crippen LogP contribution < -0.4 is 14.5 Å². The van der Waals surface area contributed by atoms with Crippen molar-refractivity contribution in [3.63, 3.8) is 0 Å². The predicted octanol–water partition coefficient (Wildman–Crippen LogP) is 5.59. The summed E-state index contributed by atoms with van der Waals surface area (Å²) in [5.74, 6) is -1.39. The van der Waals surface area contributed by atoms with Gasteiger partial charge in [0.05, 0.1) is 35.8 Å². The third-order valence-electron chi connectivity index (χ3n) is 9.32. The number of anilines is 2. The average Bonchev–Trinajstić information content (AvgIpc) is 3.67. The van der Waals surface area contributed by atoms with Gasteiger partial charge in [0.25, 0.3) is 5.91 Å². The van der Waals surface area contributed by atoms with E-state index in [2.05, 4.69) is 13.2 Å². The van der Waals surface area contributed by atoms with Gasteiger partial charge in [-0.2, -0.15) is 0 Å². The highest BCUT2D eigenvalue weighted by molar-refractivity contribution is 8.02. The number of rotatable bonds is 13. The molecule has 5 rings (SSSR count). The predicted molar refractivity (Wildman–Crippen MR) is 181 cm³/mol. The van der Waals surface area contributed by atoms with E-state index in [0.717, 1.165) is 0 Å². The third kappa shape index (κ3) is 5.79. The van der Waals surface area contributed by atoms with Gasteiger partial charge in [0, 0.05) is 34.7 Å². The minimum absolute atomic E-state index is 0.117. The molecule has 2 unspecified atom stereocenters. The molecule has 2 aromatic carbocycles. The maximum absolute atomic E-state index is 14.8. The lowest BCUT2D eigenvalue weighted by Crippen LogP contribution is -2.58. The van der Waals surface area contributed by atoms with Gasteiger partial charge in [-0.05, 0) is 74.2 Å². The second-order valence-electron chi connectivity index (χ2n) is 12.2. The number of thioether (sulfide) groups is 1. The van der Waals surface area contributed by atoms with Gasteiger partial charge in [-0.25, -0.2) is 0 Å². The molecule has 6 atom stereocenters. The monoisotopic (exact) mass is 651 g/mol. The fourth-order valence-electron chi connectivity index (χ4n) is 7.37. The second-order valence-corrected chi connectivity index (χ2v) is 14.2. The number of ether oxygens (including phenoxy) is 1. The van der Waals surface area contributed by atoms with Gasteiger partial charge in [0.2, 0.25) is 11.8 Å². The summed E-state index contributed by atoms with van der Waals surface area (Å²) in [6.07, 6.45) is 4.67. The molecule has 240 valence electrons. The molecule has 2 bridgehead atoms. The molecule has 3 heterocycles. The Morgan fingerprint density at radius 3 is 2.18 bits per heavy atom. The Labute approximate surface area is 275 Å². The summed E-state index contributed by atoms with van der Waals surface area (Å²) < 4.78 is 4.78. The van der Waals surface area contributed by atoms with E-state index >= 15 is 0 Å². The number of likely N-dealkylation sites (tertiary alicyclic amines) is 1. The number of hydrogen-bond acceptors (Lipinski definition) is 6. The molecule has 0 radical (unpaired) electrons. The number of benzene rings is 2. The van der Waals surface area contributed by atoms with Crippen molar-refractivity contribution in [2.24, 2.45) is 17.8 Å². The van der Waals surface area contributed by atoms with Crippen LogP contribution >= 0.6 is 23.4 Å². The first kappa shape index (κ1) is 33.1. The fourth-order valence-corrected chi connectivity index (χ4v) is 9.69. The number of aliphatic hydroxyl groups excluding tert-OH is 1. The summed E-state index contributed by atoms with van der Waals surface area (Å²) in [7, 11) is 0. The molecule has 2 aromatic rings. The van der Waals surface area contributed by atoms with Crippen LogP contribution in [0, 0.1) is 17.8 Å². The molecule has 3 aliphatic rings. The van der Waals surface area contributed by atoms with E-state index in [1.54, 1.807) is 62.9 Å². The minimum atomic E-state index is -0.865. The molecule has 45 heavy (non-hydrogen) atoms. The summed E-state index contributed by atoms with van der Waals surface area (Å²) >= 11 is 7.77. The van der Waals surface area contributed by atoms with Crippen LogP contribution in [0.15, 0.2) is 73.8 Å². The Hall–Kier alpha value is -3.27. The molecule has 0 aromatic heterocycles. The highest BCUT2D eigenvalue weighted by Gasteiger charge is 2.74. The van der Waals surface area contributed by atoms with E-state index in [9.17, 15) is 19.5 Å². The zero-order valence-corrected chi connectivity index (χ0v) is 27.7. The Morgan fingerprint density at radius 1 is 1.07 bits per heavy atom. The molecule has 3 aliphatic heterocycles. The second kappa shape index (κ2) is 13.6. The van der Waals surface area contributed by atoms with Crippen molar-refractivity contribution in [1.82, 2.24) is 4.90 Å². The number of amides is 3. The van der Waals surface area contributed by atoms with Gasteiger partial charge in [-0.15, -0.1) is 24.9 Å². The van der Waals surface area contributed by atoms with E-state index < -0.39 is 28.7 Å². The highest BCUT2D eigenvalue weighted by atomic mass is 35.5. The van der Waals surface area contributed by atoms with Crippen molar-refractivity contribution < 1.29 is 24.2 Å². The summed E-state index contributed by atoms with van der Waals surface area (Å²) in [6, 6.07) is 12.9. The summed E-state index contributed by atoms with van der Waals surface area (Å²) in [4.78, 5) is 49.0. The third-order valence-corrected chi connectivity index (χ3v) is 11.5. The van der Waals surface area contributed by atoms with E-state index in [-0.39, 0.29) is 48.6 Å². The van der Waals surface area contributed by atoms with E-state index in [1.807, 2.05) is 45.0 Å². The molecule has 3 amide bonds. The van der Waals surface area contributed by atoms with Crippen molar-refractivity contribution in [3.05, 3.63) is 78.9 Å². The summed E-state index contributed by atoms with van der Waals surface area (Å²) in [5.41, 5.74) is 1.33. The Balaban J connectivity index is 1.57. The maximum atomic E-state index is 14.8. The Morgan fingerprint density at radius 2 is 1.64 bits per heavy atom. The molecule has 0 aliphatic carbocycles. The van der Waals surface area contributed by atoms with Crippen molar-refractivity contribution in [2.45, 2.75) is 55.7 Å². The van der Waals surface area contributed by atoms with Crippen LogP contribution in [0.25, 0.3) is 0 Å². The molecular formula is C35H42ClN3O5S. The SMILES string of the molecule is C=CCN(C(=O)C1N([C@@H](CO)C(C)C)C(=O)[C@@H]2[C@@H](C(=O)N(CC=C)c3ccc(OCC)cc3)[C@H]3CCC12S3)c1ccc(Cl)cc1. The lowest BCUT2D eigenvalue weighted by atomic mass is 9.70. The first-order chi connectivity index (χ1) is 21.6. The van der Waals surface area contributed by atoms with Crippen molar-refractivity contribution in [2.75, 3.05) is 36.1 Å². The number of halogens is 1. The molecule has 3 fully saturated rings. The van der Waals surface area contributed by atoms with Gasteiger partial charge in [-0.1, -0.05) is 37.6 Å². The normalized spacial score (nSPS) is 25.6. The zero-order valence-electron chi connectivity index (χ0n) is 26.1. The summed E-state index contributed by atoms with van der Waals surface area (Å²) in [5, 5.41) is 11.0. The minimum Gasteiger partial charge on any atom is -0.494 e. The standard InChI is InChI=1S/C35H42ClN3O5S/c1-6-19-37(25-13-15-26(16-14-25)44-8-3)32(41)29-28-17-18-35(45-28)30(29)33(42)39(27(21-40)22(4)5)31(35)34(43)38(20-7-2)24-11-9-23(36)10-12-24/h6-7,9-16,22,27-31,40H,1-2,8,17-21H2,3-5H3/t27-,28+,29-,30-,31?,35?/m0/s1. The van der Waals surface area contributed by atoms with Gasteiger partial charge in [-0.3, -0.25) is 14.4 Å². The fraction of sp³-hybridized carbons (Fsp3) is 0.457. The van der Waals surface area contributed by atoms with E-state index in [0.29, 0.717) is 41.6 Å². The molecule has 0 saturated carbocycles. The molecule has 3 saturated heterocycles. The first-order valence-electron chi connectivity index (χ1n) is 15.6. The largest absolute Gasteiger partial charge is 0.494 e. The number of hydrogen-bond donors (Lipinski definition) is 1. The van der Waals surface area contributed by atoms with Crippen LogP contribution in [0.1, 0.15) is 33.6 Å². The van der Waals surface area contributed by atoms with Crippen LogP contribution in [0.3, 0.4) is 0 Å². The van der Waals surface area contributed by atoms with Crippen molar-refractivity contribution >= 4 is 52.5 Å². The lowest BCUT2D eigenvalue weighted by molar-refractivity contribution is -0.142. The van der Waals surface area contributed by atoms with Gasteiger partial charge in [0.15, 0.2) is 0 Å². The van der Waals surface area contributed by atoms with Crippen molar-refractivity contribution in [3.8, 4) is 5.75 Å². The number of carbonyl (C=O) groups is 3. The van der Waals surface area contributed by atoms with Crippen LogP contribution in [-0.4, -0.2) is 76.1 Å².